The van der Waals surface area contributed by atoms with E-state index in [1.807, 2.05) is 13.8 Å². The Labute approximate surface area is 124 Å². The van der Waals surface area contributed by atoms with Gasteiger partial charge >= 0.3 is 0 Å². The Kier molecular flexibility index (Phi) is 3.11. The third-order valence-corrected chi connectivity index (χ3v) is 4.64. The van der Waals surface area contributed by atoms with Gasteiger partial charge in [0.15, 0.2) is 5.82 Å². The number of benzene rings is 1. The van der Waals surface area contributed by atoms with E-state index in [0.717, 1.165) is 20.7 Å². The van der Waals surface area contributed by atoms with Crippen molar-refractivity contribution in [1.29, 1.82) is 0 Å². The Morgan fingerprint density at radius 3 is 2.70 bits per heavy atom. The zero-order chi connectivity index (χ0) is 14.4. The van der Waals surface area contributed by atoms with Crippen LogP contribution in [0.3, 0.4) is 0 Å². The van der Waals surface area contributed by atoms with Crippen molar-refractivity contribution in [2.75, 3.05) is 5.73 Å². The molecule has 0 unspecified atom stereocenters. The predicted molar refractivity (Wildman–Crippen MR) is 81.7 cm³/mol. The quantitative estimate of drug-likeness (QED) is 0.727. The summed E-state index contributed by atoms with van der Waals surface area (Å²) in [6.45, 7) is 4.02. The normalized spacial score (nSPS) is 11.2. The molecule has 102 valence electrons. The Bertz CT molecular complexity index is 829. The van der Waals surface area contributed by atoms with E-state index >= 15 is 0 Å². The van der Waals surface area contributed by atoms with Crippen LogP contribution in [0.1, 0.15) is 10.4 Å². The molecule has 2 heterocycles. The summed E-state index contributed by atoms with van der Waals surface area (Å²) < 4.78 is 13.1. The van der Waals surface area contributed by atoms with Gasteiger partial charge in [-0.1, -0.05) is 11.6 Å². The summed E-state index contributed by atoms with van der Waals surface area (Å²) >= 11 is 7.61. The molecule has 2 N–H and O–H groups in total. The number of aryl methyl sites for hydroxylation is 2. The van der Waals surface area contributed by atoms with Crippen molar-refractivity contribution in [2.45, 2.75) is 13.8 Å². The number of aromatic nitrogens is 2. The van der Waals surface area contributed by atoms with Crippen molar-refractivity contribution in [2.24, 2.45) is 0 Å². The van der Waals surface area contributed by atoms with Crippen LogP contribution < -0.4 is 5.73 Å². The van der Waals surface area contributed by atoms with Gasteiger partial charge in [-0.2, -0.15) is 0 Å². The number of nitrogen functional groups attached to an aromatic ring is 1. The molecule has 6 heteroatoms. The van der Waals surface area contributed by atoms with Crippen molar-refractivity contribution in [3.63, 3.8) is 0 Å². The molecular weight excluding hydrogens is 297 g/mol. The molecule has 0 saturated heterocycles. The van der Waals surface area contributed by atoms with Gasteiger partial charge in [-0.05, 0) is 37.6 Å². The third-order valence-electron chi connectivity index (χ3n) is 3.23. The summed E-state index contributed by atoms with van der Waals surface area (Å²) in [5.41, 5.74) is 7.70. The van der Waals surface area contributed by atoms with E-state index in [4.69, 9.17) is 17.3 Å². The molecule has 3 aromatic rings. The first kappa shape index (κ1) is 13.3. The average Bonchev–Trinajstić information content (AvgIpc) is 2.65. The van der Waals surface area contributed by atoms with Crippen LogP contribution >= 0.6 is 22.9 Å². The number of hydrogen-bond donors (Lipinski definition) is 1. The van der Waals surface area contributed by atoms with Crippen LogP contribution in [-0.4, -0.2) is 9.97 Å². The number of thiophene rings is 1. The van der Waals surface area contributed by atoms with E-state index in [1.165, 1.54) is 12.1 Å². The zero-order valence-corrected chi connectivity index (χ0v) is 12.4. The van der Waals surface area contributed by atoms with Gasteiger partial charge in [0.2, 0.25) is 0 Å². The van der Waals surface area contributed by atoms with Crippen molar-refractivity contribution in [1.82, 2.24) is 9.97 Å². The second kappa shape index (κ2) is 4.68. The van der Waals surface area contributed by atoms with Crippen LogP contribution in [0.5, 0.6) is 0 Å². The fourth-order valence-electron chi connectivity index (χ4n) is 2.07. The summed E-state index contributed by atoms with van der Waals surface area (Å²) in [5.74, 6) is 0.448. The van der Waals surface area contributed by atoms with Crippen LogP contribution in [0.2, 0.25) is 5.02 Å². The third kappa shape index (κ3) is 2.03. The molecule has 0 aliphatic heterocycles. The van der Waals surface area contributed by atoms with E-state index in [-0.39, 0.29) is 5.02 Å². The summed E-state index contributed by atoms with van der Waals surface area (Å²) in [7, 11) is 0. The van der Waals surface area contributed by atoms with Crippen LogP contribution in [0, 0.1) is 19.7 Å². The number of halogens is 2. The molecule has 0 aliphatic carbocycles. The largest absolute Gasteiger partial charge is 0.383 e. The Morgan fingerprint density at radius 2 is 2.00 bits per heavy atom. The Balaban J connectivity index is 2.27. The van der Waals surface area contributed by atoms with Gasteiger partial charge in [-0.25, -0.2) is 14.4 Å². The molecule has 0 spiro atoms. The van der Waals surface area contributed by atoms with E-state index < -0.39 is 5.82 Å². The lowest BCUT2D eigenvalue weighted by molar-refractivity contribution is 0.628. The minimum absolute atomic E-state index is 0.272. The second-order valence-corrected chi connectivity index (χ2v) is 6.13. The lowest BCUT2D eigenvalue weighted by Crippen LogP contribution is -1.97. The summed E-state index contributed by atoms with van der Waals surface area (Å²) in [6.07, 6.45) is 0. The minimum Gasteiger partial charge on any atom is -0.383 e. The number of nitrogens with zero attached hydrogens (tertiary/aromatic N) is 2. The summed E-state index contributed by atoms with van der Waals surface area (Å²) in [6, 6.07) is 4.13. The molecule has 20 heavy (non-hydrogen) atoms. The Hall–Kier alpha value is -1.72. The number of hydrogen-bond acceptors (Lipinski definition) is 4. The van der Waals surface area contributed by atoms with Crippen LogP contribution in [-0.2, 0) is 0 Å². The average molecular weight is 308 g/mol. The fraction of sp³-hybridized carbons (Fsp3) is 0.143. The highest BCUT2D eigenvalue weighted by atomic mass is 35.5. The first-order valence-corrected chi connectivity index (χ1v) is 7.15. The van der Waals surface area contributed by atoms with Crippen molar-refractivity contribution in [3.05, 3.63) is 39.5 Å². The molecule has 0 saturated carbocycles. The SMILES string of the molecule is Cc1sc2nc(-c3ccc(F)cc3Cl)nc(N)c2c1C. The molecule has 0 atom stereocenters. The highest BCUT2D eigenvalue weighted by Gasteiger charge is 2.15. The lowest BCUT2D eigenvalue weighted by Gasteiger charge is -2.05. The number of anilines is 1. The maximum absolute atomic E-state index is 13.1. The van der Waals surface area contributed by atoms with Gasteiger partial charge in [-0.3, -0.25) is 0 Å². The predicted octanol–water partition coefficient (Wildman–Crippen LogP) is 4.35. The van der Waals surface area contributed by atoms with Crippen LogP contribution in [0.4, 0.5) is 10.2 Å². The smallest absolute Gasteiger partial charge is 0.164 e. The van der Waals surface area contributed by atoms with Gasteiger partial charge in [0.25, 0.3) is 0 Å². The standard InChI is InChI=1S/C14H11ClFN3S/c1-6-7(2)20-14-11(6)12(17)18-13(19-14)9-4-3-8(16)5-10(9)15/h3-5H,1-2H3,(H2,17,18,19). The molecule has 0 radical (unpaired) electrons. The van der Waals surface area contributed by atoms with Crippen LogP contribution in [0.25, 0.3) is 21.6 Å². The highest BCUT2D eigenvalue weighted by Crippen LogP contribution is 2.35. The van der Waals surface area contributed by atoms with Crippen molar-refractivity contribution >= 4 is 39.0 Å². The molecule has 3 rings (SSSR count). The van der Waals surface area contributed by atoms with Gasteiger partial charge < -0.3 is 5.73 Å². The highest BCUT2D eigenvalue weighted by molar-refractivity contribution is 7.18. The maximum Gasteiger partial charge on any atom is 0.164 e. The van der Waals surface area contributed by atoms with E-state index in [1.54, 1.807) is 17.4 Å². The minimum atomic E-state index is -0.393. The molecular formula is C14H11ClFN3S. The summed E-state index contributed by atoms with van der Waals surface area (Å²) in [5, 5.41) is 1.16. The monoisotopic (exact) mass is 307 g/mol. The van der Waals surface area contributed by atoms with E-state index in [0.29, 0.717) is 17.2 Å². The molecule has 3 nitrogen and oxygen atoms in total. The molecule has 1 aromatic carbocycles. The number of nitrogens with two attached hydrogens (primary N) is 1. The Morgan fingerprint density at radius 1 is 1.25 bits per heavy atom. The lowest BCUT2D eigenvalue weighted by atomic mass is 10.2. The second-order valence-electron chi connectivity index (χ2n) is 4.52. The fourth-order valence-corrected chi connectivity index (χ4v) is 3.36. The summed E-state index contributed by atoms with van der Waals surface area (Å²) in [4.78, 5) is 10.8. The van der Waals surface area contributed by atoms with Crippen molar-refractivity contribution in [3.8, 4) is 11.4 Å². The van der Waals surface area contributed by atoms with Crippen LogP contribution in [0.15, 0.2) is 18.2 Å². The zero-order valence-electron chi connectivity index (χ0n) is 10.9. The van der Waals surface area contributed by atoms with Gasteiger partial charge in [0, 0.05) is 10.4 Å². The maximum atomic E-state index is 13.1. The van der Waals surface area contributed by atoms with Gasteiger partial charge in [0.05, 0.1) is 10.4 Å². The molecule has 2 aromatic heterocycles. The van der Waals surface area contributed by atoms with E-state index in [2.05, 4.69) is 9.97 Å². The number of rotatable bonds is 1. The molecule has 0 bridgehead atoms. The van der Waals surface area contributed by atoms with Gasteiger partial charge in [0.1, 0.15) is 16.5 Å². The first-order chi connectivity index (χ1) is 9.47. The number of fused-ring (bicyclic) bond motifs is 1. The van der Waals surface area contributed by atoms with Gasteiger partial charge in [-0.15, -0.1) is 11.3 Å². The molecule has 0 fully saturated rings. The molecule has 0 amide bonds. The first-order valence-electron chi connectivity index (χ1n) is 5.96. The topological polar surface area (TPSA) is 51.8 Å². The molecule has 0 aliphatic rings. The van der Waals surface area contributed by atoms with Crippen molar-refractivity contribution < 1.29 is 4.39 Å². The van der Waals surface area contributed by atoms with E-state index in [9.17, 15) is 4.39 Å².